The van der Waals surface area contributed by atoms with Crippen LogP contribution in [0.1, 0.15) is 15.9 Å². The Hall–Kier alpha value is -2.27. The molecule has 0 bridgehead atoms. The molecule has 5 heteroatoms. The van der Waals surface area contributed by atoms with Gasteiger partial charge in [-0.3, -0.25) is 0 Å². The Morgan fingerprint density at radius 3 is 2.78 bits per heavy atom. The van der Waals surface area contributed by atoms with E-state index >= 15 is 0 Å². The van der Waals surface area contributed by atoms with E-state index in [2.05, 4.69) is 4.84 Å². The van der Waals surface area contributed by atoms with Crippen molar-refractivity contribution >= 4 is 22.4 Å². The van der Waals surface area contributed by atoms with Gasteiger partial charge in [0.1, 0.15) is 5.75 Å². The highest BCUT2D eigenvalue weighted by molar-refractivity contribution is 6.10. The van der Waals surface area contributed by atoms with Crippen LogP contribution in [0.4, 0.5) is 5.69 Å². The first-order valence-corrected chi connectivity index (χ1v) is 5.60. The molecule has 0 saturated heterocycles. The van der Waals surface area contributed by atoms with Gasteiger partial charge in [0, 0.05) is 17.7 Å². The zero-order valence-electron chi connectivity index (χ0n) is 9.60. The summed E-state index contributed by atoms with van der Waals surface area (Å²) < 4.78 is 5.49. The van der Waals surface area contributed by atoms with Gasteiger partial charge in [0.15, 0.2) is 0 Å². The van der Waals surface area contributed by atoms with Crippen molar-refractivity contribution in [3.8, 4) is 5.75 Å². The molecule has 2 aromatic rings. The minimum absolute atomic E-state index is 0.310. The highest BCUT2D eigenvalue weighted by atomic mass is 16.7. The Morgan fingerprint density at radius 1 is 1.22 bits per heavy atom. The molecule has 92 valence electrons. The summed E-state index contributed by atoms with van der Waals surface area (Å²) in [5.74, 6) is 5.18. The lowest BCUT2D eigenvalue weighted by Crippen LogP contribution is -2.13. The van der Waals surface area contributed by atoms with Gasteiger partial charge >= 0.3 is 5.97 Å². The van der Waals surface area contributed by atoms with Crippen molar-refractivity contribution in [1.82, 2.24) is 0 Å². The third-order valence-corrected chi connectivity index (χ3v) is 3.22. The summed E-state index contributed by atoms with van der Waals surface area (Å²) in [6.07, 6.45) is 0.827. The van der Waals surface area contributed by atoms with E-state index in [9.17, 15) is 4.79 Å². The van der Waals surface area contributed by atoms with Crippen LogP contribution in [0.25, 0.3) is 10.8 Å². The number of benzene rings is 2. The summed E-state index contributed by atoms with van der Waals surface area (Å²) >= 11 is 0. The Morgan fingerprint density at radius 2 is 2.00 bits per heavy atom. The lowest BCUT2D eigenvalue weighted by atomic mass is 9.97. The third-order valence-electron chi connectivity index (χ3n) is 3.22. The summed E-state index contributed by atoms with van der Waals surface area (Å²) in [7, 11) is 0. The monoisotopic (exact) mass is 244 g/mol. The largest absolute Gasteiger partial charge is 0.493 e. The molecule has 0 radical (unpaired) electrons. The van der Waals surface area contributed by atoms with Gasteiger partial charge in [0.25, 0.3) is 0 Å². The lowest BCUT2D eigenvalue weighted by molar-refractivity contribution is 0.0507. The number of rotatable bonds is 1. The van der Waals surface area contributed by atoms with Crippen LogP contribution in [0.2, 0.25) is 0 Å². The number of anilines is 1. The van der Waals surface area contributed by atoms with E-state index in [1.54, 1.807) is 6.07 Å². The summed E-state index contributed by atoms with van der Waals surface area (Å²) in [6, 6.07) is 7.23. The molecule has 18 heavy (non-hydrogen) atoms. The molecular formula is C13H12N2O3. The second-order valence-electron chi connectivity index (χ2n) is 4.17. The van der Waals surface area contributed by atoms with E-state index in [0.717, 1.165) is 28.5 Å². The molecule has 2 aromatic carbocycles. The van der Waals surface area contributed by atoms with Gasteiger partial charge in [-0.05, 0) is 29.0 Å². The SMILES string of the molecule is NOC(=O)c1c(N)ccc2c3c(ccc12)OCC3. The van der Waals surface area contributed by atoms with E-state index in [4.69, 9.17) is 16.4 Å². The number of nitrogens with two attached hydrogens (primary N) is 2. The number of nitrogen functional groups attached to an aromatic ring is 1. The van der Waals surface area contributed by atoms with Crippen LogP contribution in [0.15, 0.2) is 24.3 Å². The summed E-state index contributed by atoms with van der Waals surface area (Å²) in [5.41, 5.74) is 7.58. The zero-order valence-corrected chi connectivity index (χ0v) is 9.60. The van der Waals surface area contributed by atoms with Crippen molar-refractivity contribution in [1.29, 1.82) is 0 Å². The van der Waals surface area contributed by atoms with Gasteiger partial charge < -0.3 is 15.3 Å². The number of ether oxygens (including phenoxy) is 1. The molecule has 5 nitrogen and oxygen atoms in total. The van der Waals surface area contributed by atoms with E-state index < -0.39 is 5.97 Å². The van der Waals surface area contributed by atoms with Crippen molar-refractivity contribution in [2.45, 2.75) is 6.42 Å². The molecule has 0 aromatic heterocycles. The third kappa shape index (κ3) is 1.41. The fraction of sp³-hybridized carbons (Fsp3) is 0.154. The van der Waals surface area contributed by atoms with E-state index in [1.165, 1.54) is 0 Å². The minimum atomic E-state index is -0.628. The number of carbonyl (C=O) groups excluding carboxylic acids is 1. The van der Waals surface area contributed by atoms with Crippen molar-refractivity contribution in [2.24, 2.45) is 5.90 Å². The fourth-order valence-corrected chi connectivity index (χ4v) is 2.41. The van der Waals surface area contributed by atoms with Crippen molar-refractivity contribution < 1.29 is 14.4 Å². The number of fused-ring (bicyclic) bond motifs is 3. The molecule has 0 spiro atoms. The highest BCUT2D eigenvalue weighted by Crippen LogP contribution is 2.35. The van der Waals surface area contributed by atoms with Crippen LogP contribution in [-0.2, 0) is 11.3 Å². The predicted octanol–water partition coefficient (Wildman–Crippen LogP) is 1.39. The second-order valence-corrected chi connectivity index (χ2v) is 4.17. The molecule has 1 heterocycles. The standard InChI is InChI=1S/C13H12N2O3/c14-10-3-1-7-8-5-6-17-11(8)4-2-9(7)12(10)13(16)18-15/h1-4H,5-6,14-15H2. The van der Waals surface area contributed by atoms with Crippen molar-refractivity contribution in [3.05, 3.63) is 35.4 Å². The van der Waals surface area contributed by atoms with Gasteiger partial charge in [0.05, 0.1) is 12.2 Å². The zero-order chi connectivity index (χ0) is 12.7. The van der Waals surface area contributed by atoms with Gasteiger partial charge in [-0.2, -0.15) is 5.90 Å². The summed E-state index contributed by atoms with van der Waals surface area (Å²) in [5, 5.41) is 1.70. The molecule has 1 aliphatic rings. The van der Waals surface area contributed by atoms with Crippen molar-refractivity contribution in [2.75, 3.05) is 12.3 Å². The molecule has 0 aliphatic carbocycles. The number of hydrogen-bond donors (Lipinski definition) is 2. The van der Waals surface area contributed by atoms with Crippen LogP contribution in [0, 0.1) is 0 Å². The Balaban J connectivity index is 2.36. The predicted molar refractivity (Wildman–Crippen MR) is 67.2 cm³/mol. The normalized spacial score (nSPS) is 13.2. The average molecular weight is 244 g/mol. The molecule has 0 amide bonds. The van der Waals surface area contributed by atoms with Gasteiger partial charge in [0.2, 0.25) is 0 Å². The lowest BCUT2D eigenvalue weighted by Gasteiger charge is -2.10. The average Bonchev–Trinajstić information content (AvgIpc) is 2.86. The Labute approximate surface area is 103 Å². The highest BCUT2D eigenvalue weighted by Gasteiger charge is 2.20. The minimum Gasteiger partial charge on any atom is -0.493 e. The molecule has 1 aliphatic heterocycles. The van der Waals surface area contributed by atoms with E-state index in [1.807, 2.05) is 18.2 Å². The summed E-state index contributed by atoms with van der Waals surface area (Å²) in [6.45, 7) is 0.662. The van der Waals surface area contributed by atoms with Crippen molar-refractivity contribution in [3.63, 3.8) is 0 Å². The molecule has 0 atom stereocenters. The van der Waals surface area contributed by atoms with Gasteiger partial charge in [-0.15, -0.1) is 0 Å². The first-order chi connectivity index (χ1) is 8.72. The quantitative estimate of drug-likeness (QED) is 0.584. The summed E-state index contributed by atoms with van der Waals surface area (Å²) in [4.78, 5) is 16.0. The Kier molecular flexibility index (Phi) is 2.34. The number of hydrogen-bond acceptors (Lipinski definition) is 5. The van der Waals surface area contributed by atoms with Crippen LogP contribution < -0.4 is 16.4 Å². The topological polar surface area (TPSA) is 87.6 Å². The maximum absolute atomic E-state index is 11.7. The fourth-order valence-electron chi connectivity index (χ4n) is 2.41. The first kappa shape index (κ1) is 10.9. The second kappa shape index (κ2) is 3.89. The molecule has 4 N–H and O–H groups in total. The molecule has 0 fully saturated rings. The molecule has 0 saturated carbocycles. The maximum atomic E-state index is 11.7. The molecule has 3 rings (SSSR count). The smallest absolute Gasteiger partial charge is 0.359 e. The number of carbonyl (C=O) groups is 1. The maximum Gasteiger partial charge on any atom is 0.359 e. The van der Waals surface area contributed by atoms with Crippen LogP contribution in [-0.4, -0.2) is 12.6 Å². The molecule has 0 unspecified atom stereocenters. The van der Waals surface area contributed by atoms with Gasteiger partial charge in [-0.1, -0.05) is 6.07 Å². The van der Waals surface area contributed by atoms with Crippen LogP contribution in [0.5, 0.6) is 5.75 Å². The van der Waals surface area contributed by atoms with E-state index in [0.29, 0.717) is 17.9 Å². The molecular weight excluding hydrogens is 232 g/mol. The first-order valence-electron chi connectivity index (χ1n) is 5.60. The van der Waals surface area contributed by atoms with E-state index in [-0.39, 0.29) is 0 Å². The Bertz CT molecular complexity index is 652. The van der Waals surface area contributed by atoms with Gasteiger partial charge in [-0.25, -0.2) is 4.79 Å². The van der Waals surface area contributed by atoms with Crippen LogP contribution in [0.3, 0.4) is 0 Å². The van der Waals surface area contributed by atoms with Crippen LogP contribution >= 0.6 is 0 Å².